The van der Waals surface area contributed by atoms with E-state index in [1.807, 2.05) is 0 Å². The molecule has 0 bridgehead atoms. The molecule has 0 aliphatic carbocycles. The first kappa shape index (κ1) is 14.0. The fourth-order valence-electron chi connectivity index (χ4n) is 1.46. The minimum atomic E-state index is -0.400. The van der Waals surface area contributed by atoms with Gasteiger partial charge >= 0.3 is 5.97 Å². The van der Waals surface area contributed by atoms with Gasteiger partial charge in [0.15, 0.2) is 0 Å². The lowest BCUT2D eigenvalue weighted by atomic mass is 10.2. The highest BCUT2D eigenvalue weighted by Crippen LogP contribution is 2.09. The highest BCUT2D eigenvalue weighted by Gasteiger charge is 2.08. The van der Waals surface area contributed by atoms with Crippen molar-refractivity contribution in [3.63, 3.8) is 0 Å². The van der Waals surface area contributed by atoms with Gasteiger partial charge in [0.2, 0.25) is 0 Å². The molecule has 1 heterocycles. The molecular formula is C13H18ClNO2. The molecular weight excluding hydrogens is 238 g/mol. The number of unbranched alkanes of at least 4 members (excludes halogenated alkanes) is 4. The summed E-state index contributed by atoms with van der Waals surface area (Å²) >= 11 is 5.76. The molecule has 0 radical (unpaired) electrons. The van der Waals surface area contributed by atoms with E-state index in [0.29, 0.717) is 11.6 Å². The molecule has 0 unspecified atom stereocenters. The predicted octanol–water partition coefficient (Wildman–Crippen LogP) is 3.86. The van der Waals surface area contributed by atoms with E-state index in [0.717, 1.165) is 12.8 Å². The lowest BCUT2D eigenvalue weighted by Crippen LogP contribution is -2.08. The average Bonchev–Trinajstić information content (AvgIpc) is 2.33. The number of aromatic nitrogens is 1. The second-order valence-corrected chi connectivity index (χ2v) is 4.35. The van der Waals surface area contributed by atoms with Gasteiger partial charge in [-0.3, -0.25) is 0 Å². The van der Waals surface area contributed by atoms with Gasteiger partial charge in [-0.1, -0.05) is 44.2 Å². The van der Waals surface area contributed by atoms with Gasteiger partial charge in [0, 0.05) is 11.2 Å². The molecule has 0 N–H and O–H groups in total. The van der Waals surface area contributed by atoms with Crippen molar-refractivity contribution in [2.45, 2.75) is 39.0 Å². The zero-order valence-corrected chi connectivity index (χ0v) is 10.9. The van der Waals surface area contributed by atoms with Crippen molar-refractivity contribution in [3.8, 4) is 0 Å². The summed E-state index contributed by atoms with van der Waals surface area (Å²) in [6, 6.07) is 3.14. The third-order valence-corrected chi connectivity index (χ3v) is 2.65. The Kier molecular flexibility index (Phi) is 6.63. The Balaban J connectivity index is 2.21. The summed E-state index contributed by atoms with van der Waals surface area (Å²) in [4.78, 5) is 15.5. The molecule has 1 aromatic rings. The van der Waals surface area contributed by atoms with E-state index in [-0.39, 0.29) is 5.69 Å². The monoisotopic (exact) mass is 255 g/mol. The largest absolute Gasteiger partial charge is 0.461 e. The van der Waals surface area contributed by atoms with Crippen LogP contribution in [-0.2, 0) is 4.74 Å². The first-order chi connectivity index (χ1) is 8.24. The molecule has 0 saturated heterocycles. The lowest BCUT2D eigenvalue weighted by Gasteiger charge is -2.04. The van der Waals surface area contributed by atoms with E-state index in [1.165, 1.54) is 31.5 Å². The van der Waals surface area contributed by atoms with Crippen LogP contribution >= 0.6 is 11.6 Å². The number of esters is 1. The predicted molar refractivity (Wildman–Crippen MR) is 68.3 cm³/mol. The van der Waals surface area contributed by atoms with E-state index in [2.05, 4.69) is 11.9 Å². The Hall–Kier alpha value is -1.09. The van der Waals surface area contributed by atoms with E-state index in [9.17, 15) is 4.79 Å². The van der Waals surface area contributed by atoms with Crippen molar-refractivity contribution in [3.05, 3.63) is 29.0 Å². The number of nitrogens with zero attached hydrogens (tertiary/aromatic N) is 1. The Morgan fingerprint density at radius 2 is 2.12 bits per heavy atom. The number of halogens is 1. The van der Waals surface area contributed by atoms with Gasteiger partial charge in [-0.2, -0.15) is 0 Å². The van der Waals surface area contributed by atoms with Crippen LogP contribution in [0.4, 0.5) is 0 Å². The third-order valence-electron chi connectivity index (χ3n) is 2.41. The number of ether oxygens (including phenoxy) is 1. The molecule has 0 aliphatic rings. The molecule has 0 aliphatic heterocycles. The fourth-order valence-corrected chi connectivity index (χ4v) is 1.62. The molecule has 0 spiro atoms. The fraction of sp³-hybridized carbons (Fsp3) is 0.538. The SMILES string of the molecule is CCCCCCCOC(=O)c1cc(Cl)ccn1. The van der Waals surface area contributed by atoms with Crippen LogP contribution in [-0.4, -0.2) is 17.6 Å². The second-order valence-electron chi connectivity index (χ2n) is 3.91. The zero-order chi connectivity index (χ0) is 12.5. The van der Waals surface area contributed by atoms with Gasteiger partial charge in [-0.15, -0.1) is 0 Å². The van der Waals surface area contributed by atoms with Crippen LogP contribution in [0.15, 0.2) is 18.3 Å². The smallest absolute Gasteiger partial charge is 0.356 e. The highest BCUT2D eigenvalue weighted by atomic mass is 35.5. The zero-order valence-electron chi connectivity index (χ0n) is 10.1. The molecule has 17 heavy (non-hydrogen) atoms. The van der Waals surface area contributed by atoms with Crippen molar-refractivity contribution in [2.75, 3.05) is 6.61 Å². The van der Waals surface area contributed by atoms with Crippen LogP contribution in [0.25, 0.3) is 0 Å². The van der Waals surface area contributed by atoms with E-state index in [4.69, 9.17) is 16.3 Å². The van der Waals surface area contributed by atoms with Crippen molar-refractivity contribution >= 4 is 17.6 Å². The number of carbonyl (C=O) groups excluding carboxylic acids is 1. The van der Waals surface area contributed by atoms with Crippen LogP contribution in [0.2, 0.25) is 5.02 Å². The van der Waals surface area contributed by atoms with Crippen LogP contribution < -0.4 is 0 Å². The number of rotatable bonds is 7. The lowest BCUT2D eigenvalue weighted by molar-refractivity contribution is 0.0491. The van der Waals surface area contributed by atoms with Gasteiger partial charge < -0.3 is 4.74 Å². The summed E-state index contributed by atoms with van der Waals surface area (Å²) in [6.07, 6.45) is 7.16. The normalized spacial score (nSPS) is 10.2. The number of carbonyl (C=O) groups is 1. The van der Waals surface area contributed by atoms with Gasteiger partial charge in [-0.05, 0) is 18.6 Å². The maximum absolute atomic E-state index is 11.5. The quantitative estimate of drug-likeness (QED) is 0.549. The number of pyridine rings is 1. The van der Waals surface area contributed by atoms with Crippen molar-refractivity contribution in [1.82, 2.24) is 4.98 Å². The molecule has 4 heteroatoms. The third kappa shape index (κ3) is 5.68. The van der Waals surface area contributed by atoms with Gasteiger partial charge in [0.05, 0.1) is 6.61 Å². The minimum Gasteiger partial charge on any atom is -0.461 e. The van der Waals surface area contributed by atoms with Crippen LogP contribution in [0.5, 0.6) is 0 Å². The highest BCUT2D eigenvalue weighted by molar-refractivity contribution is 6.30. The number of hydrogen-bond donors (Lipinski definition) is 0. The van der Waals surface area contributed by atoms with Crippen LogP contribution in [0.3, 0.4) is 0 Å². The second kappa shape index (κ2) is 8.07. The molecule has 0 aromatic carbocycles. The van der Waals surface area contributed by atoms with Crippen molar-refractivity contribution < 1.29 is 9.53 Å². The first-order valence-electron chi connectivity index (χ1n) is 6.02. The molecule has 0 fully saturated rings. The van der Waals surface area contributed by atoms with Gasteiger partial charge in [0.1, 0.15) is 5.69 Å². The molecule has 0 saturated carbocycles. The molecule has 94 valence electrons. The molecule has 3 nitrogen and oxygen atoms in total. The maximum atomic E-state index is 11.5. The molecule has 0 amide bonds. The van der Waals surface area contributed by atoms with Crippen LogP contribution in [0, 0.1) is 0 Å². The summed E-state index contributed by atoms with van der Waals surface area (Å²) in [5, 5.41) is 0.495. The van der Waals surface area contributed by atoms with E-state index < -0.39 is 5.97 Å². The summed E-state index contributed by atoms with van der Waals surface area (Å²) in [7, 11) is 0. The van der Waals surface area contributed by atoms with Crippen molar-refractivity contribution in [1.29, 1.82) is 0 Å². The van der Waals surface area contributed by atoms with Gasteiger partial charge in [0.25, 0.3) is 0 Å². The van der Waals surface area contributed by atoms with Crippen molar-refractivity contribution in [2.24, 2.45) is 0 Å². The topological polar surface area (TPSA) is 39.2 Å². The Morgan fingerprint density at radius 3 is 2.82 bits per heavy atom. The van der Waals surface area contributed by atoms with E-state index >= 15 is 0 Å². The summed E-state index contributed by atoms with van der Waals surface area (Å²) in [6.45, 7) is 2.63. The maximum Gasteiger partial charge on any atom is 0.356 e. The first-order valence-corrected chi connectivity index (χ1v) is 6.40. The van der Waals surface area contributed by atoms with E-state index in [1.54, 1.807) is 6.07 Å². The minimum absolute atomic E-state index is 0.269. The Bertz CT molecular complexity index is 355. The Labute approximate surface area is 107 Å². The molecule has 0 atom stereocenters. The summed E-state index contributed by atoms with van der Waals surface area (Å²) in [5.74, 6) is -0.400. The van der Waals surface area contributed by atoms with Crippen LogP contribution in [0.1, 0.15) is 49.5 Å². The standard InChI is InChI=1S/C13H18ClNO2/c1-2-3-4-5-6-9-17-13(16)12-10-11(14)7-8-15-12/h7-8,10H,2-6,9H2,1H3. The molecule has 1 rings (SSSR count). The molecule has 1 aromatic heterocycles. The summed E-state index contributed by atoms with van der Waals surface area (Å²) < 4.78 is 5.10. The summed E-state index contributed by atoms with van der Waals surface area (Å²) in [5.41, 5.74) is 0.269. The Morgan fingerprint density at radius 1 is 1.35 bits per heavy atom. The van der Waals surface area contributed by atoms with Gasteiger partial charge in [-0.25, -0.2) is 9.78 Å². The number of hydrogen-bond acceptors (Lipinski definition) is 3. The average molecular weight is 256 g/mol.